The predicted molar refractivity (Wildman–Crippen MR) is 92.2 cm³/mol. The second-order valence-electron chi connectivity index (χ2n) is 7.39. The third kappa shape index (κ3) is 2.77. The van der Waals surface area contributed by atoms with Gasteiger partial charge < -0.3 is 10.2 Å². The molecule has 1 aromatic heterocycles. The summed E-state index contributed by atoms with van der Waals surface area (Å²) in [6.45, 7) is 4.27. The number of aliphatic hydroxyl groups is 1. The molecule has 2 aliphatic carbocycles. The molecule has 2 aliphatic rings. The van der Waals surface area contributed by atoms with Crippen molar-refractivity contribution in [3.8, 4) is 0 Å². The zero-order chi connectivity index (χ0) is 16.1. The average Bonchev–Trinajstić information content (AvgIpc) is 2.88. The van der Waals surface area contributed by atoms with E-state index in [0.29, 0.717) is 15.6 Å². The van der Waals surface area contributed by atoms with Crippen LogP contribution < -0.4 is 0 Å². The van der Waals surface area contributed by atoms with Crippen LogP contribution in [0.5, 0.6) is 0 Å². The van der Waals surface area contributed by atoms with Crippen LogP contribution in [-0.2, 0) is 6.42 Å². The second kappa shape index (κ2) is 5.74. The molecule has 5 heteroatoms. The van der Waals surface area contributed by atoms with Gasteiger partial charge in [0.1, 0.15) is 0 Å². The van der Waals surface area contributed by atoms with E-state index in [4.69, 9.17) is 4.98 Å². The Kier molecular flexibility index (Phi) is 4.22. The maximum Gasteiger partial charge on any atom is 0.338 e. The quantitative estimate of drug-likeness (QED) is 0.716. The number of aromatic carboxylic acids is 1. The molecule has 1 fully saturated rings. The summed E-state index contributed by atoms with van der Waals surface area (Å²) in [4.78, 5) is 16.6. The van der Waals surface area contributed by atoms with Gasteiger partial charge in [0.15, 0.2) is 0 Å². The summed E-state index contributed by atoms with van der Waals surface area (Å²) < 4.78 is 0.694. The molecule has 120 valence electrons. The number of pyridine rings is 1. The maximum absolute atomic E-state index is 11.8. The number of hydrogen-bond acceptors (Lipinski definition) is 3. The molecule has 4 nitrogen and oxygen atoms in total. The van der Waals surface area contributed by atoms with Crippen LogP contribution in [0.2, 0.25) is 0 Å². The summed E-state index contributed by atoms with van der Waals surface area (Å²) >= 11 is 2.10. The summed E-state index contributed by atoms with van der Waals surface area (Å²) in [5, 5.41) is 20.2. The number of carbonyl (C=O) groups is 1. The molecule has 0 amide bonds. The van der Waals surface area contributed by atoms with Gasteiger partial charge in [0.05, 0.1) is 17.4 Å². The molecular weight excluding hydrogens is 393 g/mol. The summed E-state index contributed by atoms with van der Waals surface area (Å²) in [5.74, 6) is -0.661. The molecular formula is C17H22INO3. The van der Waals surface area contributed by atoms with E-state index >= 15 is 0 Å². The first-order valence-electron chi connectivity index (χ1n) is 7.93. The van der Waals surface area contributed by atoms with Crippen LogP contribution in [-0.4, -0.2) is 21.2 Å². The predicted octanol–water partition coefficient (Wildman–Crippen LogP) is 4.05. The lowest BCUT2D eigenvalue weighted by Crippen LogP contribution is -2.29. The molecule has 0 aromatic carbocycles. The van der Waals surface area contributed by atoms with E-state index in [1.165, 1.54) is 0 Å². The highest BCUT2D eigenvalue weighted by Crippen LogP contribution is 2.45. The zero-order valence-corrected chi connectivity index (χ0v) is 15.2. The van der Waals surface area contributed by atoms with Crippen LogP contribution in [0.1, 0.15) is 85.3 Å². The van der Waals surface area contributed by atoms with E-state index in [0.717, 1.165) is 49.1 Å². The average molecular weight is 415 g/mol. The Labute approximate surface area is 144 Å². The van der Waals surface area contributed by atoms with Gasteiger partial charge in [0, 0.05) is 20.7 Å². The fourth-order valence-corrected chi connectivity index (χ4v) is 5.14. The Morgan fingerprint density at radius 3 is 2.55 bits per heavy atom. The summed E-state index contributed by atoms with van der Waals surface area (Å²) in [6, 6.07) is 0. The van der Waals surface area contributed by atoms with Crippen LogP contribution >= 0.6 is 22.6 Å². The van der Waals surface area contributed by atoms with Crippen LogP contribution in [0.25, 0.3) is 0 Å². The number of aromatic nitrogens is 1. The minimum absolute atomic E-state index is 0.000181. The molecule has 0 spiro atoms. The van der Waals surface area contributed by atoms with E-state index in [1.807, 2.05) is 0 Å². The van der Waals surface area contributed by atoms with Gasteiger partial charge in [-0.1, -0.05) is 26.7 Å². The Balaban J connectivity index is 2.19. The molecule has 0 aliphatic heterocycles. The van der Waals surface area contributed by atoms with Crippen molar-refractivity contribution in [2.24, 2.45) is 5.41 Å². The molecule has 0 radical (unpaired) electrons. The minimum atomic E-state index is -0.918. The van der Waals surface area contributed by atoms with Crippen LogP contribution in [0.3, 0.4) is 0 Å². The molecule has 1 saturated carbocycles. The van der Waals surface area contributed by atoms with Gasteiger partial charge in [-0.3, -0.25) is 4.98 Å². The van der Waals surface area contributed by atoms with E-state index in [2.05, 4.69) is 36.4 Å². The number of halogens is 1. The normalized spacial score (nSPS) is 24.3. The highest BCUT2D eigenvalue weighted by atomic mass is 127. The van der Waals surface area contributed by atoms with Crippen LogP contribution in [0, 0.1) is 8.99 Å². The van der Waals surface area contributed by atoms with Crippen molar-refractivity contribution in [1.82, 2.24) is 4.98 Å². The first-order chi connectivity index (χ1) is 10.3. The van der Waals surface area contributed by atoms with Gasteiger partial charge in [0.2, 0.25) is 0 Å². The Morgan fingerprint density at radius 1 is 1.32 bits per heavy atom. The monoisotopic (exact) mass is 415 g/mol. The third-order valence-electron chi connectivity index (χ3n) is 4.96. The SMILES string of the molecule is CC1(C)Cc2nc(C3CCCC3)c(C(=O)O)c(I)c2C(O)C1. The number of carboxylic acids is 1. The van der Waals surface area contributed by atoms with E-state index in [-0.39, 0.29) is 11.3 Å². The van der Waals surface area contributed by atoms with E-state index in [1.54, 1.807) is 0 Å². The number of aliphatic hydroxyl groups excluding tert-OH is 1. The second-order valence-corrected chi connectivity index (χ2v) is 8.47. The summed E-state index contributed by atoms with van der Waals surface area (Å²) in [5.41, 5.74) is 2.72. The van der Waals surface area contributed by atoms with Gasteiger partial charge in [-0.25, -0.2) is 4.79 Å². The third-order valence-corrected chi connectivity index (χ3v) is 6.08. The van der Waals surface area contributed by atoms with E-state index in [9.17, 15) is 15.0 Å². The number of nitrogens with zero attached hydrogens (tertiary/aromatic N) is 1. The van der Waals surface area contributed by atoms with Crippen molar-refractivity contribution in [2.45, 2.75) is 64.4 Å². The molecule has 1 aromatic rings. The Morgan fingerprint density at radius 2 is 1.95 bits per heavy atom. The lowest BCUT2D eigenvalue weighted by Gasteiger charge is -2.35. The highest BCUT2D eigenvalue weighted by molar-refractivity contribution is 14.1. The molecule has 0 bridgehead atoms. The first-order valence-corrected chi connectivity index (χ1v) is 9.01. The molecule has 1 heterocycles. The summed E-state index contributed by atoms with van der Waals surface area (Å²) in [6.07, 6.45) is 5.17. The lowest BCUT2D eigenvalue weighted by molar-refractivity contribution is 0.0690. The van der Waals surface area contributed by atoms with Crippen LogP contribution in [0.4, 0.5) is 0 Å². The van der Waals surface area contributed by atoms with Crippen molar-refractivity contribution < 1.29 is 15.0 Å². The molecule has 1 atom stereocenters. The Hall–Kier alpha value is -0.690. The van der Waals surface area contributed by atoms with Crippen molar-refractivity contribution in [3.63, 3.8) is 0 Å². The number of carboxylic acid groups (broad SMARTS) is 1. The van der Waals surface area contributed by atoms with Crippen molar-refractivity contribution in [3.05, 3.63) is 26.1 Å². The Bertz CT molecular complexity index is 621. The molecule has 1 unspecified atom stereocenters. The molecule has 2 N–H and O–H groups in total. The molecule has 0 saturated heterocycles. The smallest absolute Gasteiger partial charge is 0.338 e. The van der Waals surface area contributed by atoms with Crippen molar-refractivity contribution in [2.75, 3.05) is 0 Å². The number of hydrogen-bond donors (Lipinski definition) is 2. The number of fused-ring (bicyclic) bond motifs is 1. The van der Waals surface area contributed by atoms with Crippen molar-refractivity contribution in [1.29, 1.82) is 0 Å². The van der Waals surface area contributed by atoms with Gasteiger partial charge in [-0.2, -0.15) is 0 Å². The topological polar surface area (TPSA) is 70.4 Å². The van der Waals surface area contributed by atoms with Crippen LogP contribution in [0.15, 0.2) is 0 Å². The largest absolute Gasteiger partial charge is 0.478 e. The highest BCUT2D eigenvalue weighted by Gasteiger charge is 2.37. The van der Waals surface area contributed by atoms with Gasteiger partial charge in [-0.05, 0) is 53.7 Å². The minimum Gasteiger partial charge on any atom is -0.478 e. The maximum atomic E-state index is 11.8. The van der Waals surface area contributed by atoms with E-state index < -0.39 is 12.1 Å². The number of rotatable bonds is 2. The fourth-order valence-electron chi connectivity index (χ4n) is 3.96. The lowest BCUT2D eigenvalue weighted by atomic mass is 9.74. The first kappa shape index (κ1) is 16.2. The van der Waals surface area contributed by atoms with Gasteiger partial charge in [0.25, 0.3) is 0 Å². The van der Waals surface area contributed by atoms with Gasteiger partial charge in [-0.15, -0.1) is 0 Å². The summed E-state index contributed by atoms with van der Waals surface area (Å²) in [7, 11) is 0. The molecule has 22 heavy (non-hydrogen) atoms. The molecule has 3 rings (SSSR count). The zero-order valence-electron chi connectivity index (χ0n) is 13.0. The standard InChI is InChI=1S/C17H22INO3/c1-17(2)7-10-12(11(20)8-17)14(18)13(16(21)22)15(19-10)9-5-3-4-6-9/h9,11,20H,3-8H2,1-2H3,(H,21,22). The fraction of sp³-hybridized carbons (Fsp3) is 0.647. The van der Waals surface area contributed by atoms with Crippen molar-refractivity contribution >= 4 is 28.6 Å². The van der Waals surface area contributed by atoms with Gasteiger partial charge >= 0.3 is 5.97 Å².